The minimum absolute atomic E-state index is 0.104. The predicted octanol–water partition coefficient (Wildman–Crippen LogP) is 2.14. The average Bonchev–Trinajstić information content (AvgIpc) is 2.97. The van der Waals surface area contributed by atoms with Gasteiger partial charge in [0.15, 0.2) is 0 Å². The number of carbonyl (C=O) groups excluding carboxylic acids is 1. The fourth-order valence-electron chi connectivity index (χ4n) is 2.53. The lowest BCUT2D eigenvalue weighted by Gasteiger charge is -2.07. The van der Waals surface area contributed by atoms with Crippen molar-refractivity contribution in [3.63, 3.8) is 0 Å². The highest BCUT2D eigenvalue weighted by Crippen LogP contribution is 2.19. The molecule has 8 heteroatoms. The van der Waals surface area contributed by atoms with Crippen LogP contribution in [0.25, 0.3) is 0 Å². The van der Waals surface area contributed by atoms with E-state index in [0.29, 0.717) is 23.5 Å². The fraction of sp³-hybridized carbons (Fsp3) is 0.111. The third-order valence-corrected chi connectivity index (χ3v) is 5.28. The van der Waals surface area contributed by atoms with Crippen molar-refractivity contribution in [2.45, 2.75) is 18.4 Å². The van der Waals surface area contributed by atoms with Gasteiger partial charge in [0.1, 0.15) is 4.90 Å². The van der Waals surface area contributed by atoms with E-state index in [4.69, 9.17) is 5.73 Å². The van der Waals surface area contributed by atoms with Crippen LogP contribution >= 0.6 is 0 Å². The molecule has 2 aromatic carbocycles. The van der Waals surface area contributed by atoms with E-state index < -0.39 is 15.9 Å². The van der Waals surface area contributed by atoms with Crippen LogP contribution in [0.1, 0.15) is 21.6 Å². The highest BCUT2D eigenvalue weighted by atomic mass is 32.2. The van der Waals surface area contributed by atoms with Gasteiger partial charge in [0, 0.05) is 17.4 Å². The monoisotopic (exact) mass is 370 g/mol. The number of anilines is 1. The summed E-state index contributed by atoms with van der Waals surface area (Å²) >= 11 is 0. The van der Waals surface area contributed by atoms with Gasteiger partial charge in [-0.1, -0.05) is 30.3 Å². The number of nitrogens with zero attached hydrogens (tertiary/aromatic N) is 2. The van der Waals surface area contributed by atoms with Gasteiger partial charge in [0.05, 0.1) is 12.2 Å². The largest absolute Gasteiger partial charge is 0.366 e. The second-order valence-electron chi connectivity index (χ2n) is 5.81. The maximum Gasteiger partial charge on any atom is 0.265 e. The Balaban J connectivity index is 1.82. The highest BCUT2D eigenvalue weighted by molar-refractivity contribution is 7.92. The number of carbonyl (C=O) groups is 1. The van der Waals surface area contributed by atoms with Crippen molar-refractivity contribution in [2.24, 2.45) is 5.73 Å². The molecule has 0 unspecified atom stereocenters. The van der Waals surface area contributed by atoms with E-state index in [-0.39, 0.29) is 4.90 Å². The Morgan fingerprint density at radius 3 is 2.38 bits per heavy atom. The zero-order valence-corrected chi connectivity index (χ0v) is 14.9. The maximum absolute atomic E-state index is 12.7. The molecule has 0 saturated heterocycles. The van der Waals surface area contributed by atoms with Gasteiger partial charge in [-0.25, -0.2) is 8.42 Å². The van der Waals surface area contributed by atoms with Crippen LogP contribution in [-0.4, -0.2) is 24.1 Å². The van der Waals surface area contributed by atoms with Crippen LogP contribution in [0.5, 0.6) is 0 Å². The van der Waals surface area contributed by atoms with Crippen molar-refractivity contribution >= 4 is 21.6 Å². The van der Waals surface area contributed by atoms with Gasteiger partial charge in [-0.05, 0) is 36.8 Å². The first-order valence-corrected chi connectivity index (χ1v) is 9.34. The normalized spacial score (nSPS) is 11.3. The molecule has 0 aliphatic rings. The molecular weight excluding hydrogens is 352 g/mol. The molecule has 26 heavy (non-hydrogen) atoms. The van der Waals surface area contributed by atoms with Crippen LogP contribution in [0.4, 0.5) is 5.69 Å². The van der Waals surface area contributed by atoms with Gasteiger partial charge < -0.3 is 5.73 Å². The summed E-state index contributed by atoms with van der Waals surface area (Å²) in [6.07, 6.45) is 1.50. The van der Waals surface area contributed by atoms with E-state index >= 15 is 0 Å². The van der Waals surface area contributed by atoms with Crippen molar-refractivity contribution in [1.82, 2.24) is 9.78 Å². The van der Waals surface area contributed by atoms with E-state index in [2.05, 4.69) is 9.82 Å². The van der Waals surface area contributed by atoms with Crippen LogP contribution in [0.2, 0.25) is 0 Å². The molecule has 3 aromatic rings. The van der Waals surface area contributed by atoms with Gasteiger partial charge in [0.25, 0.3) is 10.0 Å². The lowest BCUT2D eigenvalue weighted by molar-refractivity contribution is 0.100. The van der Waals surface area contributed by atoms with Crippen molar-refractivity contribution in [2.75, 3.05) is 4.72 Å². The minimum Gasteiger partial charge on any atom is -0.366 e. The third kappa shape index (κ3) is 3.92. The number of nitrogens with one attached hydrogen (secondary N) is 1. The molecule has 0 fully saturated rings. The van der Waals surface area contributed by atoms with Crippen LogP contribution < -0.4 is 10.5 Å². The molecular formula is C18H18N4O3S. The molecule has 1 amide bonds. The molecule has 3 N–H and O–H groups in total. The Morgan fingerprint density at radius 2 is 1.77 bits per heavy atom. The lowest BCUT2D eigenvalue weighted by atomic mass is 10.2. The zero-order chi connectivity index (χ0) is 18.7. The van der Waals surface area contributed by atoms with Crippen molar-refractivity contribution in [3.8, 4) is 0 Å². The summed E-state index contributed by atoms with van der Waals surface area (Å²) in [5, 5.41) is 4.29. The molecule has 0 aliphatic carbocycles. The van der Waals surface area contributed by atoms with E-state index in [1.807, 2.05) is 30.3 Å². The molecule has 0 atom stereocenters. The molecule has 0 bridgehead atoms. The highest BCUT2D eigenvalue weighted by Gasteiger charge is 2.20. The Labute approximate surface area is 151 Å². The second kappa shape index (κ2) is 7.01. The van der Waals surface area contributed by atoms with Crippen LogP contribution in [0, 0.1) is 6.92 Å². The summed E-state index contributed by atoms with van der Waals surface area (Å²) in [5.41, 5.74) is 7.25. The number of hydrogen-bond acceptors (Lipinski definition) is 4. The summed E-state index contributed by atoms with van der Waals surface area (Å²) in [4.78, 5) is 11.2. The number of amides is 1. The number of hydrogen-bond donors (Lipinski definition) is 2. The van der Waals surface area contributed by atoms with E-state index in [0.717, 1.165) is 5.56 Å². The van der Waals surface area contributed by atoms with Crippen molar-refractivity contribution in [1.29, 1.82) is 0 Å². The molecule has 0 aliphatic heterocycles. The number of aromatic nitrogens is 2. The van der Waals surface area contributed by atoms with Gasteiger partial charge in [0.2, 0.25) is 5.91 Å². The zero-order valence-electron chi connectivity index (χ0n) is 14.1. The number of rotatable bonds is 6. The minimum atomic E-state index is -3.80. The van der Waals surface area contributed by atoms with Crippen LogP contribution in [0.3, 0.4) is 0 Å². The SMILES string of the molecule is Cc1nn(Cc2ccccc2)cc1S(=O)(=O)Nc1ccc(C(N)=O)cc1. The van der Waals surface area contributed by atoms with Gasteiger partial charge >= 0.3 is 0 Å². The van der Waals surface area contributed by atoms with E-state index in [1.165, 1.54) is 30.5 Å². The average molecular weight is 370 g/mol. The van der Waals surface area contributed by atoms with Gasteiger partial charge in [-0.3, -0.25) is 14.2 Å². The van der Waals surface area contributed by atoms with Crippen molar-refractivity contribution < 1.29 is 13.2 Å². The van der Waals surface area contributed by atoms with E-state index in [9.17, 15) is 13.2 Å². The summed E-state index contributed by atoms with van der Waals surface area (Å²) in [7, 11) is -3.80. The topological polar surface area (TPSA) is 107 Å². The third-order valence-electron chi connectivity index (χ3n) is 3.80. The molecule has 0 saturated carbocycles. The van der Waals surface area contributed by atoms with Gasteiger partial charge in [-0.15, -0.1) is 0 Å². The first kappa shape index (κ1) is 17.7. The fourth-order valence-corrected chi connectivity index (χ4v) is 3.77. The molecule has 1 aromatic heterocycles. The standard InChI is InChI=1S/C18H18N4O3S/c1-13-17(12-22(20-13)11-14-5-3-2-4-6-14)26(24,25)21-16-9-7-15(8-10-16)18(19)23/h2-10,12,21H,11H2,1H3,(H2,19,23). The Kier molecular flexibility index (Phi) is 4.77. The smallest absolute Gasteiger partial charge is 0.265 e. The first-order valence-electron chi connectivity index (χ1n) is 7.86. The molecule has 7 nitrogen and oxygen atoms in total. The molecule has 3 rings (SSSR count). The second-order valence-corrected chi connectivity index (χ2v) is 7.46. The Bertz CT molecular complexity index is 1030. The summed E-state index contributed by atoms with van der Waals surface area (Å²) < 4.78 is 29.4. The van der Waals surface area contributed by atoms with Crippen molar-refractivity contribution in [3.05, 3.63) is 77.6 Å². The van der Waals surface area contributed by atoms with Gasteiger partial charge in [-0.2, -0.15) is 5.10 Å². The molecule has 1 heterocycles. The van der Waals surface area contributed by atoms with Crippen LogP contribution in [0.15, 0.2) is 65.7 Å². The predicted molar refractivity (Wildman–Crippen MR) is 98.3 cm³/mol. The quantitative estimate of drug-likeness (QED) is 0.693. The number of aryl methyl sites for hydroxylation is 1. The Hall–Kier alpha value is -3.13. The van der Waals surface area contributed by atoms with E-state index in [1.54, 1.807) is 11.6 Å². The summed E-state index contributed by atoms with van der Waals surface area (Å²) in [5.74, 6) is -0.572. The molecule has 0 radical (unpaired) electrons. The first-order chi connectivity index (χ1) is 12.3. The number of benzene rings is 2. The van der Waals surface area contributed by atoms with Crippen LogP contribution in [-0.2, 0) is 16.6 Å². The molecule has 0 spiro atoms. The summed E-state index contributed by atoms with van der Waals surface area (Å²) in [6.45, 7) is 2.12. The number of primary amides is 1. The summed E-state index contributed by atoms with van der Waals surface area (Å²) in [6, 6.07) is 15.6. The molecule has 134 valence electrons. The Morgan fingerprint density at radius 1 is 1.12 bits per heavy atom. The maximum atomic E-state index is 12.7. The lowest BCUT2D eigenvalue weighted by Crippen LogP contribution is -2.14. The number of sulfonamides is 1. The number of nitrogens with two attached hydrogens (primary N) is 1.